The van der Waals surface area contributed by atoms with Gasteiger partial charge < -0.3 is 10.2 Å². The smallest absolute Gasteiger partial charge is 0.318 e. The maximum atomic E-state index is 12.4. The Morgan fingerprint density at radius 2 is 1.86 bits per heavy atom. The first-order valence-corrected chi connectivity index (χ1v) is 7.47. The number of benzene rings is 1. The van der Waals surface area contributed by atoms with Crippen molar-refractivity contribution >= 4 is 6.03 Å². The fraction of sp³-hybridized carbons (Fsp3) is 0.412. The standard InChI is InChI=1S/C17H24N4O/c1-12-6-8-15(9-7-12)14(3)21(5)17(22)19-13(2)16-10-18-20(4)11-16/h6-11,13-14H,1-5H3,(H,19,22). The number of hydrogen-bond acceptors (Lipinski definition) is 2. The summed E-state index contributed by atoms with van der Waals surface area (Å²) in [7, 11) is 3.68. The first kappa shape index (κ1) is 16.1. The molecule has 2 atom stereocenters. The van der Waals surface area contributed by atoms with Crippen LogP contribution in [-0.4, -0.2) is 27.8 Å². The number of carbonyl (C=O) groups is 1. The zero-order chi connectivity index (χ0) is 16.3. The van der Waals surface area contributed by atoms with Gasteiger partial charge in [-0.2, -0.15) is 5.10 Å². The highest BCUT2D eigenvalue weighted by Crippen LogP contribution is 2.20. The van der Waals surface area contributed by atoms with Crippen molar-refractivity contribution < 1.29 is 4.79 Å². The SMILES string of the molecule is Cc1ccc(C(C)N(C)C(=O)NC(C)c2cnn(C)c2)cc1. The third-order valence-corrected chi connectivity index (χ3v) is 4.03. The number of urea groups is 1. The molecular formula is C17H24N4O. The average Bonchev–Trinajstić information content (AvgIpc) is 2.93. The molecule has 0 fully saturated rings. The largest absolute Gasteiger partial charge is 0.331 e. The van der Waals surface area contributed by atoms with E-state index in [1.807, 2.05) is 34.1 Å². The van der Waals surface area contributed by atoms with Gasteiger partial charge >= 0.3 is 6.03 Å². The van der Waals surface area contributed by atoms with E-state index < -0.39 is 0 Å². The van der Waals surface area contributed by atoms with Crippen LogP contribution in [0.2, 0.25) is 0 Å². The number of hydrogen-bond donors (Lipinski definition) is 1. The Morgan fingerprint density at radius 3 is 2.41 bits per heavy atom. The molecule has 1 aromatic heterocycles. The van der Waals surface area contributed by atoms with Crippen LogP contribution < -0.4 is 5.32 Å². The quantitative estimate of drug-likeness (QED) is 0.942. The van der Waals surface area contributed by atoms with Crippen molar-refractivity contribution in [1.82, 2.24) is 20.0 Å². The van der Waals surface area contributed by atoms with Crippen LogP contribution in [0.4, 0.5) is 4.79 Å². The van der Waals surface area contributed by atoms with E-state index in [-0.39, 0.29) is 18.1 Å². The van der Waals surface area contributed by atoms with Crippen molar-refractivity contribution in [2.24, 2.45) is 7.05 Å². The summed E-state index contributed by atoms with van der Waals surface area (Å²) >= 11 is 0. The summed E-state index contributed by atoms with van der Waals surface area (Å²) in [5.41, 5.74) is 3.33. The fourth-order valence-electron chi connectivity index (χ4n) is 2.28. The van der Waals surface area contributed by atoms with Crippen molar-refractivity contribution in [2.75, 3.05) is 7.05 Å². The molecule has 2 rings (SSSR count). The first-order chi connectivity index (χ1) is 10.4. The van der Waals surface area contributed by atoms with Gasteiger partial charge in [-0.15, -0.1) is 0 Å². The number of carbonyl (C=O) groups excluding carboxylic acids is 1. The number of amides is 2. The average molecular weight is 300 g/mol. The topological polar surface area (TPSA) is 50.2 Å². The summed E-state index contributed by atoms with van der Waals surface area (Å²) in [6.45, 7) is 6.04. The normalized spacial score (nSPS) is 13.5. The molecule has 2 aromatic rings. The van der Waals surface area contributed by atoms with Crippen molar-refractivity contribution in [3.63, 3.8) is 0 Å². The minimum absolute atomic E-state index is 0.0155. The summed E-state index contributed by atoms with van der Waals surface area (Å²) in [6.07, 6.45) is 3.68. The van der Waals surface area contributed by atoms with Gasteiger partial charge in [0.2, 0.25) is 0 Å². The van der Waals surface area contributed by atoms with E-state index in [4.69, 9.17) is 0 Å². The maximum Gasteiger partial charge on any atom is 0.318 e. The second-order valence-electron chi connectivity index (χ2n) is 5.82. The van der Waals surface area contributed by atoms with E-state index in [1.165, 1.54) is 5.56 Å². The highest BCUT2D eigenvalue weighted by atomic mass is 16.2. The number of aryl methyl sites for hydroxylation is 2. The molecule has 2 amide bonds. The van der Waals surface area contributed by atoms with Gasteiger partial charge in [0.1, 0.15) is 0 Å². The molecule has 5 heteroatoms. The summed E-state index contributed by atoms with van der Waals surface area (Å²) in [5, 5.41) is 7.14. The lowest BCUT2D eigenvalue weighted by Gasteiger charge is -2.27. The van der Waals surface area contributed by atoms with Gasteiger partial charge in [0.15, 0.2) is 0 Å². The molecule has 2 unspecified atom stereocenters. The van der Waals surface area contributed by atoms with E-state index in [2.05, 4.69) is 41.6 Å². The lowest BCUT2D eigenvalue weighted by Crippen LogP contribution is -2.39. The number of nitrogens with zero attached hydrogens (tertiary/aromatic N) is 3. The number of aromatic nitrogens is 2. The van der Waals surface area contributed by atoms with Gasteiger partial charge in [-0.05, 0) is 26.3 Å². The lowest BCUT2D eigenvalue weighted by molar-refractivity contribution is 0.191. The molecule has 1 N–H and O–H groups in total. The maximum absolute atomic E-state index is 12.4. The van der Waals surface area contributed by atoms with Crippen LogP contribution in [0, 0.1) is 6.92 Å². The molecular weight excluding hydrogens is 276 g/mol. The van der Waals surface area contributed by atoms with Crippen LogP contribution >= 0.6 is 0 Å². The Balaban J connectivity index is 2.00. The van der Waals surface area contributed by atoms with Crippen LogP contribution in [-0.2, 0) is 7.05 Å². The molecule has 1 aromatic carbocycles. The molecule has 1 heterocycles. The molecule has 0 radical (unpaired) electrons. The van der Waals surface area contributed by atoms with Crippen LogP contribution in [0.1, 0.15) is 42.6 Å². The highest BCUT2D eigenvalue weighted by Gasteiger charge is 2.19. The van der Waals surface area contributed by atoms with Gasteiger partial charge in [-0.25, -0.2) is 4.79 Å². The summed E-state index contributed by atoms with van der Waals surface area (Å²) in [4.78, 5) is 14.1. The molecule has 0 saturated heterocycles. The van der Waals surface area contributed by atoms with Crippen LogP contribution in [0.15, 0.2) is 36.7 Å². The van der Waals surface area contributed by atoms with Gasteiger partial charge in [-0.1, -0.05) is 29.8 Å². The Morgan fingerprint density at radius 1 is 1.23 bits per heavy atom. The third-order valence-electron chi connectivity index (χ3n) is 4.03. The molecule has 0 saturated carbocycles. The predicted octanol–water partition coefficient (Wildman–Crippen LogP) is 3.19. The second kappa shape index (κ2) is 6.64. The minimum Gasteiger partial charge on any atom is -0.331 e. The fourth-order valence-corrected chi connectivity index (χ4v) is 2.28. The summed E-state index contributed by atoms with van der Waals surface area (Å²) in [5.74, 6) is 0. The summed E-state index contributed by atoms with van der Waals surface area (Å²) in [6, 6.07) is 8.11. The Kier molecular flexibility index (Phi) is 4.85. The number of nitrogens with one attached hydrogen (secondary N) is 1. The molecule has 0 aliphatic heterocycles. The van der Waals surface area contributed by atoms with Gasteiger partial charge in [0.25, 0.3) is 0 Å². The van der Waals surface area contributed by atoms with E-state index in [0.717, 1.165) is 11.1 Å². The molecule has 0 aliphatic carbocycles. The zero-order valence-electron chi connectivity index (χ0n) is 13.9. The van der Waals surface area contributed by atoms with Crippen molar-refractivity contribution in [3.8, 4) is 0 Å². The summed E-state index contributed by atoms with van der Waals surface area (Å²) < 4.78 is 1.73. The Labute approximate surface area is 131 Å². The van der Waals surface area contributed by atoms with E-state index in [0.29, 0.717) is 0 Å². The molecule has 0 bridgehead atoms. The van der Waals surface area contributed by atoms with E-state index in [9.17, 15) is 4.79 Å². The van der Waals surface area contributed by atoms with Gasteiger partial charge in [0, 0.05) is 25.9 Å². The first-order valence-electron chi connectivity index (χ1n) is 7.47. The Hall–Kier alpha value is -2.30. The third kappa shape index (κ3) is 3.67. The lowest BCUT2D eigenvalue weighted by atomic mass is 10.1. The van der Waals surface area contributed by atoms with Crippen molar-refractivity contribution in [3.05, 3.63) is 53.3 Å². The van der Waals surface area contributed by atoms with E-state index in [1.54, 1.807) is 15.8 Å². The van der Waals surface area contributed by atoms with Crippen LogP contribution in [0.3, 0.4) is 0 Å². The monoisotopic (exact) mass is 300 g/mol. The van der Waals surface area contributed by atoms with E-state index >= 15 is 0 Å². The predicted molar refractivity (Wildman–Crippen MR) is 87.5 cm³/mol. The zero-order valence-corrected chi connectivity index (χ0v) is 13.9. The van der Waals surface area contributed by atoms with Crippen molar-refractivity contribution in [2.45, 2.75) is 32.9 Å². The second-order valence-corrected chi connectivity index (χ2v) is 5.82. The van der Waals surface area contributed by atoms with Gasteiger partial charge in [0.05, 0.1) is 18.3 Å². The van der Waals surface area contributed by atoms with Gasteiger partial charge in [-0.3, -0.25) is 4.68 Å². The number of rotatable bonds is 4. The molecule has 5 nitrogen and oxygen atoms in total. The molecule has 22 heavy (non-hydrogen) atoms. The molecule has 0 spiro atoms. The van der Waals surface area contributed by atoms with Crippen molar-refractivity contribution in [1.29, 1.82) is 0 Å². The van der Waals surface area contributed by atoms with Crippen LogP contribution in [0.25, 0.3) is 0 Å². The van der Waals surface area contributed by atoms with Crippen LogP contribution in [0.5, 0.6) is 0 Å². The highest BCUT2D eigenvalue weighted by molar-refractivity contribution is 5.74. The molecule has 118 valence electrons. The Bertz CT molecular complexity index is 632. The molecule has 0 aliphatic rings. The minimum atomic E-state index is -0.0931.